The van der Waals surface area contributed by atoms with E-state index in [1.165, 1.54) is 0 Å². The maximum atomic E-state index is 11.8. The molecule has 0 aliphatic heterocycles. The molecule has 1 atom stereocenters. The van der Waals surface area contributed by atoms with Crippen molar-refractivity contribution in [2.75, 3.05) is 14.1 Å². The van der Waals surface area contributed by atoms with Gasteiger partial charge in [-0.25, -0.2) is 0 Å². The summed E-state index contributed by atoms with van der Waals surface area (Å²) in [6.07, 6.45) is 0. The summed E-state index contributed by atoms with van der Waals surface area (Å²) in [6, 6.07) is 6.92. The molecular formula is C11H15Cl2NO. The fourth-order valence-electron chi connectivity index (χ4n) is 1.12. The van der Waals surface area contributed by atoms with Crippen molar-refractivity contribution in [1.82, 2.24) is 4.90 Å². The van der Waals surface area contributed by atoms with E-state index in [0.29, 0.717) is 10.6 Å². The quantitative estimate of drug-likeness (QED) is 0.766. The van der Waals surface area contributed by atoms with Gasteiger partial charge >= 0.3 is 0 Å². The minimum atomic E-state index is -0.117. The van der Waals surface area contributed by atoms with Gasteiger partial charge in [0.2, 0.25) is 0 Å². The third-order valence-corrected chi connectivity index (χ3v) is 2.50. The van der Waals surface area contributed by atoms with Crippen LogP contribution in [0.25, 0.3) is 0 Å². The molecule has 0 bridgehead atoms. The van der Waals surface area contributed by atoms with Gasteiger partial charge in [0.1, 0.15) is 0 Å². The predicted octanol–water partition coefficient (Wildman–Crippen LogP) is 2.89. The molecular weight excluding hydrogens is 233 g/mol. The van der Waals surface area contributed by atoms with E-state index < -0.39 is 0 Å². The Kier molecular flexibility index (Phi) is 5.88. The first-order valence-electron chi connectivity index (χ1n) is 4.48. The highest BCUT2D eigenvalue weighted by Crippen LogP contribution is 2.13. The molecule has 1 unspecified atom stereocenters. The number of Topliss-reactive ketones (excluding diaryl/α,β-unsaturated/α-hetero) is 1. The van der Waals surface area contributed by atoms with E-state index in [4.69, 9.17) is 11.6 Å². The first-order valence-corrected chi connectivity index (χ1v) is 4.86. The molecule has 84 valence electrons. The molecule has 0 radical (unpaired) electrons. The van der Waals surface area contributed by atoms with E-state index in [2.05, 4.69) is 0 Å². The van der Waals surface area contributed by atoms with Crippen molar-refractivity contribution in [2.24, 2.45) is 0 Å². The number of halogens is 2. The smallest absolute Gasteiger partial charge is 0.179 e. The molecule has 0 spiro atoms. The highest BCUT2D eigenvalue weighted by Gasteiger charge is 2.16. The second kappa shape index (κ2) is 6.11. The van der Waals surface area contributed by atoms with Crippen LogP contribution < -0.4 is 0 Å². The van der Waals surface area contributed by atoms with Crippen molar-refractivity contribution >= 4 is 29.8 Å². The summed E-state index contributed by atoms with van der Waals surface area (Å²) in [6.45, 7) is 1.88. The lowest BCUT2D eigenvalue weighted by molar-refractivity contribution is 0.0890. The van der Waals surface area contributed by atoms with Crippen molar-refractivity contribution in [1.29, 1.82) is 0 Å². The molecule has 4 heteroatoms. The summed E-state index contributed by atoms with van der Waals surface area (Å²) in [5.74, 6) is 0.0949. The number of hydrogen-bond acceptors (Lipinski definition) is 2. The van der Waals surface area contributed by atoms with E-state index in [9.17, 15) is 4.79 Å². The average Bonchev–Trinajstić information content (AvgIpc) is 2.15. The van der Waals surface area contributed by atoms with Crippen LogP contribution in [-0.2, 0) is 0 Å². The van der Waals surface area contributed by atoms with E-state index in [-0.39, 0.29) is 24.2 Å². The van der Waals surface area contributed by atoms with Gasteiger partial charge in [-0.3, -0.25) is 9.69 Å². The molecule has 1 aromatic carbocycles. The second-order valence-electron chi connectivity index (χ2n) is 3.51. The molecule has 0 fully saturated rings. The van der Waals surface area contributed by atoms with Crippen LogP contribution >= 0.6 is 24.0 Å². The molecule has 0 aromatic heterocycles. The Balaban J connectivity index is 0.00000196. The fourth-order valence-corrected chi connectivity index (χ4v) is 1.31. The SMILES string of the molecule is CC(C(=O)c1cccc(Cl)c1)N(C)C.Cl. The largest absolute Gasteiger partial charge is 0.300 e. The molecule has 0 amide bonds. The number of rotatable bonds is 3. The lowest BCUT2D eigenvalue weighted by atomic mass is 10.1. The van der Waals surface area contributed by atoms with Crippen LogP contribution in [0.3, 0.4) is 0 Å². The van der Waals surface area contributed by atoms with Crippen LogP contribution in [0.4, 0.5) is 0 Å². The topological polar surface area (TPSA) is 20.3 Å². The Morgan fingerprint density at radius 1 is 1.40 bits per heavy atom. The van der Waals surface area contributed by atoms with Crippen molar-refractivity contribution in [3.63, 3.8) is 0 Å². The summed E-state index contributed by atoms with van der Waals surface area (Å²) in [5, 5.41) is 0.599. The third kappa shape index (κ3) is 3.82. The van der Waals surface area contributed by atoms with Gasteiger partial charge in [-0.2, -0.15) is 0 Å². The Labute approximate surface area is 102 Å². The molecule has 0 saturated heterocycles. The molecule has 0 N–H and O–H groups in total. The van der Waals surface area contributed by atoms with Crippen LogP contribution in [0.1, 0.15) is 17.3 Å². The van der Waals surface area contributed by atoms with Crippen molar-refractivity contribution in [3.8, 4) is 0 Å². The Hall–Kier alpha value is -0.570. The first kappa shape index (κ1) is 14.4. The molecule has 0 aliphatic carbocycles. The van der Waals surface area contributed by atoms with E-state index in [1.54, 1.807) is 24.3 Å². The molecule has 15 heavy (non-hydrogen) atoms. The minimum absolute atomic E-state index is 0. The maximum Gasteiger partial charge on any atom is 0.179 e. The summed E-state index contributed by atoms with van der Waals surface area (Å²) in [4.78, 5) is 13.7. The predicted molar refractivity (Wildman–Crippen MR) is 66.2 cm³/mol. The third-order valence-electron chi connectivity index (χ3n) is 2.26. The highest BCUT2D eigenvalue weighted by molar-refractivity contribution is 6.31. The van der Waals surface area contributed by atoms with Crippen LogP contribution in [0.5, 0.6) is 0 Å². The second-order valence-corrected chi connectivity index (χ2v) is 3.95. The Morgan fingerprint density at radius 3 is 2.47 bits per heavy atom. The van der Waals surface area contributed by atoms with Crippen molar-refractivity contribution in [2.45, 2.75) is 13.0 Å². The number of likely N-dealkylation sites (N-methyl/N-ethyl adjacent to an activating group) is 1. The highest BCUT2D eigenvalue weighted by atomic mass is 35.5. The zero-order valence-electron chi connectivity index (χ0n) is 9.03. The standard InChI is InChI=1S/C11H14ClNO.ClH/c1-8(13(2)3)11(14)9-5-4-6-10(12)7-9;/h4-8H,1-3H3;1H. The number of nitrogens with zero attached hydrogens (tertiary/aromatic N) is 1. The lowest BCUT2D eigenvalue weighted by Gasteiger charge is -2.18. The van der Waals surface area contributed by atoms with Crippen LogP contribution in [-0.4, -0.2) is 30.8 Å². The van der Waals surface area contributed by atoms with Gasteiger partial charge in [-0.15, -0.1) is 12.4 Å². The van der Waals surface area contributed by atoms with Gasteiger partial charge in [0.25, 0.3) is 0 Å². The molecule has 1 aromatic rings. The normalized spacial score (nSPS) is 12.1. The van der Waals surface area contributed by atoms with Gasteiger partial charge in [-0.1, -0.05) is 23.7 Å². The van der Waals surface area contributed by atoms with Gasteiger partial charge in [-0.05, 0) is 33.2 Å². The van der Waals surface area contributed by atoms with Crippen molar-refractivity contribution < 1.29 is 4.79 Å². The summed E-state index contributed by atoms with van der Waals surface area (Å²) in [7, 11) is 3.76. The average molecular weight is 248 g/mol. The molecule has 0 aliphatic rings. The van der Waals surface area contributed by atoms with Gasteiger partial charge in [0.05, 0.1) is 6.04 Å². The summed E-state index contributed by atoms with van der Waals surface area (Å²) < 4.78 is 0. The van der Waals surface area contributed by atoms with E-state index in [0.717, 1.165) is 0 Å². The van der Waals surface area contributed by atoms with Crippen LogP contribution in [0.15, 0.2) is 24.3 Å². The maximum absolute atomic E-state index is 11.8. The van der Waals surface area contributed by atoms with Gasteiger partial charge < -0.3 is 0 Å². The fraction of sp³-hybridized carbons (Fsp3) is 0.364. The van der Waals surface area contributed by atoms with Crippen LogP contribution in [0.2, 0.25) is 5.02 Å². The lowest BCUT2D eigenvalue weighted by Crippen LogP contribution is -2.32. The molecule has 0 heterocycles. The zero-order chi connectivity index (χ0) is 10.7. The van der Waals surface area contributed by atoms with E-state index >= 15 is 0 Å². The van der Waals surface area contributed by atoms with Gasteiger partial charge in [0.15, 0.2) is 5.78 Å². The summed E-state index contributed by atoms with van der Waals surface area (Å²) >= 11 is 5.81. The molecule has 0 saturated carbocycles. The molecule has 2 nitrogen and oxygen atoms in total. The number of benzene rings is 1. The van der Waals surface area contributed by atoms with Gasteiger partial charge in [0, 0.05) is 10.6 Å². The molecule has 1 rings (SSSR count). The Bertz CT molecular complexity index is 339. The number of carbonyl (C=O) groups is 1. The van der Waals surface area contributed by atoms with Crippen LogP contribution in [0, 0.1) is 0 Å². The minimum Gasteiger partial charge on any atom is -0.300 e. The number of hydrogen-bond donors (Lipinski definition) is 0. The number of carbonyl (C=O) groups excluding carboxylic acids is 1. The van der Waals surface area contributed by atoms with Crippen molar-refractivity contribution in [3.05, 3.63) is 34.9 Å². The Morgan fingerprint density at radius 2 is 2.00 bits per heavy atom. The monoisotopic (exact) mass is 247 g/mol. The zero-order valence-corrected chi connectivity index (χ0v) is 10.6. The number of ketones is 1. The van der Waals surface area contributed by atoms with E-state index in [1.807, 2.05) is 25.9 Å². The summed E-state index contributed by atoms with van der Waals surface area (Å²) in [5.41, 5.74) is 0.665. The first-order chi connectivity index (χ1) is 6.52.